The van der Waals surface area contributed by atoms with Crippen molar-refractivity contribution in [2.24, 2.45) is 0 Å². The summed E-state index contributed by atoms with van der Waals surface area (Å²) in [6.45, 7) is 5.08. The summed E-state index contributed by atoms with van der Waals surface area (Å²) in [4.78, 5) is 33.8. The van der Waals surface area contributed by atoms with Crippen molar-refractivity contribution in [2.75, 3.05) is 44.8 Å². The highest BCUT2D eigenvalue weighted by atomic mass is 16.5. The number of amides is 1. The van der Waals surface area contributed by atoms with E-state index in [0.717, 1.165) is 22.7 Å². The van der Waals surface area contributed by atoms with Crippen molar-refractivity contribution < 1.29 is 14.3 Å². The molecule has 2 aromatic carbocycles. The highest BCUT2D eigenvalue weighted by molar-refractivity contribution is 5.76. The van der Waals surface area contributed by atoms with Gasteiger partial charge in [0.1, 0.15) is 18.0 Å². The fourth-order valence-corrected chi connectivity index (χ4v) is 3.92. The maximum atomic E-state index is 12.8. The minimum atomic E-state index is -0.255. The number of methoxy groups -OCH3 is 1. The molecule has 0 radical (unpaired) electrons. The maximum absolute atomic E-state index is 12.8. The number of hydrogen-bond acceptors (Lipinski definition) is 6. The quantitative estimate of drug-likeness (QED) is 0.553. The predicted molar refractivity (Wildman–Crippen MR) is 127 cm³/mol. The molecule has 8 nitrogen and oxygen atoms in total. The summed E-state index contributed by atoms with van der Waals surface area (Å²) in [5.74, 6) is 1.50. The Hall–Kier alpha value is -3.81. The number of carbonyl (C=O) groups is 1. The van der Waals surface area contributed by atoms with E-state index in [0.29, 0.717) is 38.5 Å². The molecule has 1 amide bonds. The van der Waals surface area contributed by atoms with Gasteiger partial charge in [0.2, 0.25) is 5.91 Å². The van der Waals surface area contributed by atoms with Crippen molar-refractivity contribution in [1.82, 2.24) is 14.5 Å². The Morgan fingerprint density at radius 1 is 1.03 bits per heavy atom. The van der Waals surface area contributed by atoms with Crippen LogP contribution >= 0.6 is 0 Å². The summed E-state index contributed by atoms with van der Waals surface area (Å²) in [5, 5.41) is 0. The fourth-order valence-electron chi connectivity index (χ4n) is 3.92. The number of piperazine rings is 1. The molecule has 0 aliphatic carbocycles. The molecule has 0 atom stereocenters. The van der Waals surface area contributed by atoms with Gasteiger partial charge in [-0.05, 0) is 43.3 Å². The van der Waals surface area contributed by atoms with Crippen LogP contribution < -0.4 is 19.9 Å². The molecule has 1 aliphatic rings. The Morgan fingerprint density at radius 2 is 1.76 bits per heavy atom. The third-order valence-electron chi connectivity index (χ3n) is 5.70. The van der Waals surface area contributed by atoms with E-state index in [9.17, 15) is 9.59 Å². The first kappa shape index (κ1) is 22.4. The van der Waals surface area contributed by atoms with Gasteiger partial charge in [-0.15, -0.1) is 0 Å². The van der Waals surface area contributed by atoms with Gasteiger partial charge < -0.3 is 19.3 Å². The molecule has 4 rings (SSSR count). The van der Waals surface area contributed by atoms with Crippen molar-refractivity contribution in [3.63, 3.8) is 0 Å². The summed E-state index contributed by atoms with van der Waals surface area (Å²) < 4.78 is 12.3. The van der Waals surface area contributed by atoms with Gasteiger partial charge in [-0.2, -0.15) is 0 Å². The van der Waals surface area contributed by atoms with Crippen LogP contribution in [-0.2, 0) is 11.3 Å². The van der Waals surface area contributed by atoms with Crippen molar-refractivity contribution in [2.45, 2.75) is 13.5 Å². The molecule has 1 saturated heterocycles. The summed E-state index contributed by atoms with van der Waals surface area (Å²) in [5.41, 5.74) is 2.16. The van der Waals surface area contributed by atoms with Gasteiger partial charge in [0.25, 0.3) is 5.56 Å². The molecule has 1 aromatic heterocycles. The van der Waals surface area contributed by atoms with Gasteiger partial charge in [0.15, 0.2) is 0 Å². The molecule has 0 spiro atoms. The lowest BCUT2D eigenvalue weighted by atomic mass is 10.1. The zero-order valence-electron chi connectivity index (χ0n) is 18.9. The second-order valence-corrected chi connectivity index (χ2v) is 7.74. The van der Waals surface area contributed by atoms with Crippen LogP contribution in [0.3, 0.4) is 0 Å². The average Bonchev–Trinajstić information content (AvgIpc) is 2.86. The van der Waals surface area contributed by atoms with Gasteiger partial charge in [-0.3, -0.25) is 14.2 Å². The third-order valence-corrected chi connectivity index (χ3v) is 5.70. The van der Waals surface area contributed by atoms with E-state index in [1.165, 1.54) is 17.0 Å². The fraction of sp³-hybridized carbons (Fsp3) is 0.320. The Labute approximate surface area is 193 Å². The standard InChI is InChI=1S/C25H28N4O4/c1-3-33-20-10-8-19(9-11-20)21-16-24(30)29(18-26-21)17-25(31)28-14-12-27(13-15-28)22-6-4-5-7-23(22)32-2/h4-11,16,18H,3,12-15,17H2,1-2H3. The molecule has 1 fully saturated rings. The first-order chi connectivity index (χ1) is 16.1. The molecular formula is C25H28N4O4. The van der Waals surface area contributed by atoms with E-state index >= 15 is 0 Å². The number of anilines is 1. The van der Waals surface area contributed by atoms with Gasteiger partial charge in [-0.1, -0.05) is 12.1 Å². The van der Waals surface area contributed by atoms with Crippen LogP contribution in [-0.4, -0.2) is 60.3 Å². The zero-order chi connectivity index (χ0) is 23.2. The van der Waals surface area contributed by atoms with E-state index in [4.69, 9.17) is 9.47 Å². The Morgan fingerprint density at radius 3 is 2.42 bits per heavy atom. The van der Waals surface area contributed by atoms with E-state index in [1.807, 2.05) is 55.5 Å². The van der Waals surface area contributed by atoms with Crippen LogP contribution in [0.1, 0.15) is 6.92 Å². The molecule has 0 saturated carbocycles. The topological polar surface area (TPSA) is 76.9 Å². The van der Waals surface area contributed by atoms with Crippen LogP contribution in [0.15, 0.2) is 65.7 Å². The number of rotatable bonds is 7. The SMILES string of the molecule is CCOc1ccc(-c2cc(=O)n(CC(=O)N3CCN(c4ccccc4OC)CC3)cn2)cc1. The summed E-state index contributed by atoms with van der Waals surface area (Å²) in [6, 6.07) is 16.8. The van der Waals surface area contributed by atoms with Gasteiger partial charge in [-0.25, -0.2) is 4.98 Å². The van der Waals surface area contributed by atoms with Crippen molar-refractivity contribution in [1.29, 1.82) is 0 Å². The summed E-state index contributed by atoms with van der Waals surface area (Å²) in [7, 11) is 1.66. The summed E-state index contributed by atoms with van der Waals surface area (Å²) in [6.07, 6.45) is 1.44. The zero-order valence-corrected chi connectivity index (χ0v) is 18.9. The van der Waals surface area contributed by atoms with Crippen molar-refractivity contribution in [3.8, 4) is 22.8 Å². The molecular weight excluding hydrogens is 420 g/mol. The Kier molecular flexibility index (Phi) is 6.92. The molecule has 3 aromatic rings. The average molecular weight is 449 g/mol. The first-order valence-corrected chi connectivity index (χ1v) is 11.0. The number of hydrogen-bond donors (Lipinski definition) is 0. The largest absolute Gasteiger partial charge is 0.495 e. The minimum absolute atomic E-state index is 0.0238. The van der Waals surface area contributed by atoms with Crippen LogP contribution in [0.2, 0.25) is 0 Å². The minimum Gasteiger partial charge on any atom is -0.495 e. The number of para-hydroxylation sites is 2. The smallest absolute Gasteiger partial charge is 0.254 e. The van der Waals surface area contributed by atoms with Crippen LogP contribution in [0.4, 0.5) is 5.69 Å². The lowest BCUT2D eigenvalue weighted by Gasteiger charge is -2.36. The first-order valence-electron chi connectivity index (χ1n) is 11.0. The second-order valence-electron chi connectivity index (χ2n) is 7.74. The second kappa shape index (κ2) is 10.2. The van der Waals surface area contributed by atoms with E-state index < -0.39 is 0 Å². The van der Waals surface area contributed by atoms with Gasteiger partial charge >= 0.3 is 0 Å². The maximum Gasteiger partial charge on any atom is 0.254 e. The highest BCUT2D eigenvalue weighted by Gasteiger charge is 2.23. The normalized spacial score (nSPS) is 13.6. The Balaban J connectivity index is 1.37. The van der Waals surface area contributed by atoms with Crippen LogP contribution in [0.5, 0.6) is 11.5 Å². The van der Waals surface area contributed by atoms with Crippen molar-refractivity contribution in [3.05, 3.63) is 71.3 Å². The monoisotopic (exact) mass is 448 g/mol. The van der Waals surface area contributed by atoms with Crippen molar-refractivity contribution >= 4 is 11.6 Å². The third kappa shape index (κ3) is 5.16. The van der Waals surface area contributed by atoms with Crippen LogP contribution in [0, 0.1) is 0 Å². The van der Waals surface area contributed by atoms with Crippen LogP contribution in [0.25, 0.3) is 11.3 Å². The number of carbonyl (C=O) groups excluding carboxylic acids is 1. The number of ether oxygens (including phenoxy) is 2. The van der Waals surface area contributed by atoms with Gasteiger partial charge in [0.05, 0.1) is 31.4 Å². The summed E-state index contributed by atoms with van der Waals surface area (Å²) >= 11 is 0. The lowest BCUT2D eigenvalue weighted by molar-refractivity contribution is -0.132. The number of aromatic nitrogens is 2. The molecule has 0 unspecified atom stereocenters. The molecule has 172 valence electrons. The van der Waals surface area contributed by atoms with E-state index in [-0.39, 0.29) is 18.0 Å². The highest BCUT2D eigenvalue weighted by Crippen LogP contribution is 2.28. The van der Waals surface area contributed by atoms with E-state index in [2.05, 4.69) is 9.88 Å². The van der Waals surface area contributed by atoms with E-state index in [1.54, 1.807) is 12.0 Å². The van der Waals surface area contributed by atoms with Gasteiger partial charge in [0, 0.05) is 37.8 Å². The predicted octanol–water partition coefficient (Wildman–Crippen LogP) is 2.67. The molecule has 0 N–H and O–H groups in total. The molecule has 8 heteroatoms. The number of nitrogens with zero attached hydrogens (tertiary/aromatic N) is 4. The molecule has 33 heavy (non-hydrogen) atoms. The molecule has 1 aliphatic heterocycles. The molecule has 0 bridgehead atoms. The molecule has 2 heterocycles. The number of benzene rings is 2. The lowest BCUT2D eigenvalue weighted by Crippen LogP contribution is -2.50. The Bertz CT molecular complexity index is 1150.